The minimum atomic E-state index is -4.54. The molecule has 0 saturated carbocycles. The number of esters is 2. The molecule has 0 aliphatic carbocycles. The van der Waals surface area contributed by atoms with E-state index in [1.807, 2.05) is 6.07 Å². The standard InChI is InChI=1S/C19H22F3NO4/c1-12(2)26-16(24)9-18(11-23,10-17(25)27-13(3)4)14-5-7-15(8-6-14)19(20,21)22/h5-8,12-13H,9-10H2,1-4H3. The average Bonchev–Trinajstić information content (AvgIpc) is 2.51. The zero-order valence-corrected chi connectivity index (χ0v) is 15.6. The van der Waals surface area contributed by atoms with E-state index in [-0.39, 0.29) is 5.56 Å². The van der Waals surface area contributed by atoms with Crippen LogP contribution in [0.2, 0.25) is 0 Å². The molecule has 0 fully saturated rings. The fourth-order valence-electron chi connectivity index (χ4n) is 2.49. The molecule has 0 aromatic heterocycles. The Hall–Kier alpha value is -2.56. The number of hydrogen-bond donors (Lipinski definition) is 0. The Morgan fingerprint density at radius 2 is 1.30 bits per heavy atom. The number of alkyl halides is 3. The molecule has 1 aromatic carbocycles. The van der Waals surface area contributed by atoms with Crippen LogP contribution in [0.4, 0.5) is 13.2 Å². The molecule has 5 nitrogen and oxygen atoms in total. The molecule has 0 heterocycles. The van der Waals surface area contributed by atoms with Gasteiger partial charge in [-0.1, -0.05) is 12.1 Å². The molecule has 0 aliphatic rings. The summed E-state index contributed by atoms with van der Waals surface area (Å²) in [6, 6.07) is 5.72. The molecule has 0 aliphatic heterocycles. The Kier molecular flexibility index (Phi) is 7.40. The molecule has 27 heavy (non-hydrogen) atoms. The van der Waals surface area contributed by atoms with Crippen molar-refractivity contribution in [2.24, 2.45) is 0 Å². The molecule has 148 valence electrons. The second-order valence-corrected chi connectivity index (χ2v) is 6.70. The van der Waals surface area contributed by atoms with E-state index in [4.69, 9.17) is 9.47 Å². The first kappa shape index (κ1) is 22.5. The van der Waals surface area contributed by atoms with Crippen molar-refractivity contribution in [1.82, 2.24) is 0 Å². The molecule has 1 rings (SSSR count). The van der Waals surface area contributed by atoms with Crippen molar-refractivity contribution >= 4 is 11.9 Å². The predicted octanol–water partition coefficient (Wildman–Crippen LogP) is 4.15. The first-order valence-electron chi connectivity index (χ1n) is 8.37. The molecular formula is C19H22F3NO4. The van der Waals surface area contributed by atoms with Gasteiger partial charge >= 0.3 is 18.1 Å². The van der Waals surface area contributed by atoms with E-state index in [0.29, 0.717) is 0 Å². The molecule has 0 saturated heterocycles. The topological polar surface area (TPSA) is 76.4 Å². The molecule has 8 heteroatoms. The van der Waals surface area contributed by atoms with E-state index in [1.165, 1.54) is 0 Å². The molecule has 0 spiro atoms. The number of rotatable bonds is 7. The van der Waals surface area contributed by atoms with Crippen molar-refractivity contribution in [2.45, 2.75) is 64.3 Å². The number of carbonyl (C=O) groups excluding carboxylic acids is 2. The van der Waals surface area contributed by atoms with Crippen LogP contribution in [-0.2, 0) is 30.7 Å². The lowest BCUT2D eigenvalue weighted by Crippen LogP contribution is -2.33. The lowest BCUT2D eigenvalue weighted by atomic mass is 9.76. The average molecular weight is 385 g/mol. The van der Waals surface area contributed by atoms with E-state index in [0.717, 1.165) is 24.3 Å². The van der Waals surface area contributed by atoms with Gasteiger partial charge in [0.05, 0.1) is 36.7 Å². The zero-order valence-electron chi connectivity index (χ0n) is 15.6. The van der Waals surface area contributed by atoms with Crippen LogP contribution in [0.3, 0.4) is 0 Å². The summed E-state index contributed by atoms with van der Waals surface area (Å²) in [5, 5.41) is 9.74. The van der Waals surface area contributed by atoms with Gasteiger partial charge in [-0.25, -0.2) is 0 Å². The highest BCUT2D eigenvalue weighted by Gasteiger charge is 2.40. The molecular weight excluding hydrogens is 363 g/mol. The van der Waals surface area contributed by atoms with Gasteiger partial charge < -0.3 is 9.47 Å². The summed E-state index contributed by atoms with van der Waals surface area (Å²) in [6.07, 6.45) is -6.39. The van der Waals surface area contributed by atoms with Gasteiger partial charge in [-0.05, 0) is 45.4 Å². The van der Waals surface area contributed by atoms with E-state index in [1.54, 1.807) is 27.7 Å². The summed E-state index contributed by atoms with van der Waals surface area (Å²) >= 11 is 0. The van der Waals surface area contributed by atoms with Crippen molar-refractivity contribution in [1.29, 1.82) is 5.26 Å². The third-order valence-corrected chi connectivity index (χ3v) is 3.61. The number of nitriles is 1. The molecule has 0 N–H and O–H groups in total. The van der Waals surface area contributed by atoms with Gasteiger partial charge in [0, 0.05) is 0 Å². The SMILES string of the molecule is CC(C)OC(=O)CC(C#N)(CC(=O)OC(C)C)c1ccc(C(F)(F)F)cc1. The minimum absolute atomic E-state index is 0.111. The van der Waals surface area contributed by atoms with Crippen LogP contribution in [0.5, 0.6) is 0 Å². The lowest BCUT2D eigenvalue weighted by Gasteiger charge is -2.26. The molecule has 0 bridgehead atoms. The van der Waals surface area contributed by atoms with Gasteiger partial charge in [0.15, 0.2) is 0 Å². The van der Waals surface area contributed by atoms with E-state index >= 15 is 0 Å². The molecule has 1 aromatic rings. The Morgan fingerprint density at radius 1 is 0.926 bits per heavy atom. The van der Waals surface area contributed by atoms with Crippen molar-refractivity contribution in [3.8, 4) is 6.07 Å². The second kappa shape index (κ2) is 8.89. The summed E-state index contributed by atoms with van der Waals surface area (Å²) in [6.45, 7) is 6.49. The molecule has 0 atom stereocenters. The summed E-state index contributed by atoms with van der Waals surface area (Å²) in [5.74, 6) is -1.47. The van der Waals surface area contributed by atoms with E-state index in [9.17, 15) is 28.0 Å². The number of benzene rings is 1. The van der Waals surface area contributed by atoms with Gasteiger partial charge in [0.25, 0.3) is 0 Å². The summed E-state index contributed by atoms with van der Waals surface area (Å²) in [4.78, 5) is 24.3. The Balaban J connectivity index is 3.28. The normalized spacial score (nSPS) is 12.0. The van der Waals surface area contributed by atoms with Crippen LogP contribution >= 0.6 is 0 Å². The van der Waals surface area contributed by atoms with Crippen molar-refractivity contribution in [3.63, 3.8) is 0 Å². The van der Waals surface area contributed by atoms with Crippen LogP contribution in [0.1, 0.15) is 51.7 Å². The number of halogens is 3. The first-order chi connectivity index (χ1) is 12.4. The van der Waals surface area contributed by atoms with Crippen molar-refractivity contribution in [3.05, 3.63) is 35.4 Å². The summed E-state index contributed by atoms with van der Waals surface area (Å²) in [7, 11) is 0. The first-order valence-corrected chi connectivity index (χ1v) is 8.37. The van der Waals surface area contributed by atoms with E-state index < -0.39 is 54.1 Å². The Bertz CT molecular complexity index is 679. The Labute approximate surface area is 156 Å². The lowest BCUT2D eigenvalue weighted by molar-refractivity contribution is -0.151. The fraction of sp³-hybridized carbons (Fsp3) is 0.526. The fourth-order valence-corrected chi connectivity index (χ4v) is 2.49. The number of hydrogen-bond acceptors (Lipinski definition) is 5. The second-order valence-electron chi connectivity index (χ2n) is 6.70. The Morgan fingerprint density at radius 3 is 1.59 bits per heavy atom. The van der Waals surface area contributed by atoms with Crippen LogP contribution in [0, 0.1) is 11.3 Å². The minimum Gasteiger partial charge on any atom is -0.463 e. The maximum atomic E-state index is 12.8. The molecule has 0 amide bonds. The van der Waals surface area contributed by atoms with Crippen LogP contribution in [0.25, 0.3) is 0 Å². The highest BCUT2D eigenvalue weighted by atomic mass is 19.4. The van der Waals surface area contributed by atoms with E-state index in [2.05, 4.69) is 0 Å². The summed E-state index contributed by atoms with van der Waals surface area (Å²) in [5.41, 5.74) is -2.48. The van der Waals surface area contributed by atoms with Crippen LogP contribution < -0.4 is 0 Å². The molecule has 0 radical (unpaired) electrons. The van der Waals surface area contributed by atoms with Crippen LogP contribution in [-0.4, -0.2) is 24.1 Å². The van der Waals surface area contributed by atoms with Gasteiger partial charge in [0.1, 0.15) is 5.41 Å². The third kappa shape index (κ3) is 6.59. The smallest absolute Gasteiger partial charge is 0.416 e. The van der Waals surface area contributed by atoms with Gasteiger partial charge in [-0.15, -0.1) is 0 Å². The maximum Gasteiger partial charge on any atom is 0.416 e. The van der Waals surface area contributed by atoms with Crippen molar-refractivity contribution < 1.29 is 32.2 Å². The molecule has 0 unspecified atom stereocenters. The highest BCUT2D eigenvalue weighted by molar-refractivity contribution is 5.78. The van der Waals surface area contributed by atoms with Gasteiger partial charge in [-0.2, -0.15) is 18.4 Å². The third-order valence-electron chi connectivity index (χ3n) is 3.61. The predicted molar refractivity (Wildman–Crippen MR) is 90.4 cm³/mol. The van der Waals surface area contributed by atoms with Crippen LogP contribution in [0.15, 0.2) is 24.3 Å². The quantitative estimate of drug-likeness (QED) is 0.659. The zero-order chi connectivity index (χ0) is 20.8. The van der Waals surface area contributed by atoms with Gasteiger partial charge in [0.2, 0.25) is 0 Å². The monoisotopic (exact) mass is 385 g/mol. The largest absolute Gasteiger partial charge is 0.463 e. The highest BCUT2D eigenvalue weighted by Crippen LogP contribution is 2.35. The van der Waals surface area contributed by atoms with Crippen molar-refractivity contribution in [2.75, 3.05) is 0 Å². The summed E-state index contributed by atoms with van der Waals surface area (Å²) < 4.78 is 48.5. The number of nitrogens with zero attached hydrogens (tertiary/aromatic N) is 1. The number of carbonyl (C=O) groups is 2. The number of ether oxygens (including phenoxy) is 2. The van der Waals surface area contributed by atoms with Gasteiger partial charge in [-0.3, -0.25) is 9.59 Å². The maximum absolute atomic E-state index is 12.8.